The average Bonchev–Trinajstić information content (AvgIpc) is 3.59. The van der Waals surface area contributed by atoms with E-state index in [1.54, 1.807) is 0 Å². The largest absolute Gasteiger partial charge is 0.494 e. The van der Waals surface area contributed by atoms with Crippen LogP contribution in [-0.4, -0.2) is 60.3 Å². The van der Waals surface area contributed by atoms with Gasteiger partial charge in [0.05, 0.1) is 36.7 Å². The maximum atomic E-state index is 14.5. The zero-order chi connectivity index (χ0) is 24.3. The second kappa shape index (κ2) is 8.33. The molecule has 10 nitrogen and oxygen atoms in total. The number of methoxy groups -OCH3 is 1. The van der Waals surface area contributed by atoms with Crippen molar-refractivity contribution in [1.82, 2.24) is 29.4 Å². The number of halogens is 1. The number of benzene rings is 1. The van der Waals surface area contributed by atoms with E-state index in [1.165, 1.54) is 23.8 Å². The van der Waals surface area contributed by atoms with E-state index in [1.807, 2.05) is 17.1 Å². The first-order chi connectivity index (χ1) is 16.9. The molecule has 3 N–H and O–H groups in total. The van der Waals surface area contributed by atoms with Crippen LogP contribution in [0.4, 0.5) is 16.0 Å². The van der Waals surface area contributed by atoms with Gasteiger partial charge in [0.15, 0.2) is 23.0 Å². The summed E-state index contributed by atoms with van der Waals surface area (Å²) in [7, 11) is 1.41. The number of ether oxygens (including phenoxy) is 1. The highest BCUT2D eigenvalue weighted by Crippen LogP contribution is 2.35. The molecular weight excluding hydrogens is 451 g/mol. The number of nitrogen functional groups attached to an aromatic ring is 1. The minimum atomic E-state index is -0.486. The lowest BCUT2D eigenvalue weighted by atomic mass is 9.92. The van der Waals surface area contributed by atoms with Gasteiger partial charge in [-0.05, 0) is 45.1 Å². The third-order valence-corrected chi connectivity index (χ3v) is 7.54. The van der Waals surface area contributed by atoms with Gasteiger partial charge >= 0.3 is 0 Å². The smallest absolute Gasteiger partial charge is 0.223 e. The molecular formula is C24H29FN8O2. The first kappa shape index (κ1) is 22.0. The number of hydrogen-bond donors (Lipinski definition) is 2. The molecule has 2 fully saturated rings. The molecule has 2 aliphatic rings. The van der Waals surface area contributed by atoms with Crippen LogP contribution < -0.4 is 15.4 Å². The number of rotatable bonds is 4. The molecule has 6 rings (SSSR count). The first-order valence-corrected chi connectivity index (χ1v) is 12.1. The Kier molecular flexibility index (Phi) is 5.24. The van der Waals surface area contributed by atoms with Crippen LogP contribution >= 0.6 is 0 Å². The van der Waals surface area contributed by atoms with Crippen molar-refractivity contribution < 1.29 is 14.2 Å². The van der Waals surface area contributed by atoms with Crippen molar-refractivity contribution in [3.05, 3.63) is 36.2 Å². The highest BCUT2D eigenvalue weighted by molar-refractivity contribution is 5.93. The van der Waals surface area contributed by atoms with E-state index < -0.39 is 5.82 Å². The lowest BCUT2D eigenvalue weighted by molar-refractivity contribution is 0.130. The summed E-state index contributed by atoms with van der Waals surface area (Å²) >= 11 is 0. The summed E-state index contributed by atoms with van der Waals surface area (Å²) in [5, 5.41) is 20.1. The van der Waals surface area contributed by atoms with Gasteiger partial charge in [-0.3, -0.25) is 4.68 Å². The summed E-state index contributed by atoms with van der Waals surface area (Å²) in [5.74, 6) is 0.551. The molecule has 11 heteroatoms. The Bertz CT molecular complexity index is 1400. The molecule has 35 heavy (non-hydrogen) atoms. The minimum Gasteiger partial charge on any atom is -0.494 e. The number of nitrogens with zero attached hydrogens (tertiary/aromatic N) is 7. The molecule has 3 aromatic heterocycles. The third-order valence-electron chi connectivity index (χ3n) is 7.54. The molecule has 4 aromatic rings. The summed E-state index contributed by atoms with van der Waals surface area (Å²) in [6.45, 7) is 2.94. The molecule has 0 unspecified atom stereocenters. The Labute approximate surface area is 201 Å². The fourth-order valence-electron chi connectivity index (χ4n) is 5.54. The molecule has 184 valence electrons. The second-order valence-electron chi connectivity index (χ2n) is 9.70. The van der Waals surface area contributed by atoms with Crippen molar-refractivity contribution in [2.75, 3.05) is 24.3 Å². The molecule has 0 spiro atoms. The first-order valence-electron chi connectivity index (χ1n) is 12.1. The van der Waals surface area contributed by atoms with Crippen molar-refractivity contribution in [1.29, 1.82) is 0 Å². The van der Waals surface area contributed by atoms with E-state index in [0.29, 0.717) is 28.4 Å². The Balaban J connectivity index is 1.33. The lowest BCUT2D eigenvalue weighted by Gasteiger charge is -2.37. The fraction of sp³-hybridized carbons (Fsp3) is 0.500. The van der Waals surface area contributed by atoms with E-state index in [-0.39, 0.29) is 29.8 Å². The van der Waals surface area contributed by atoms with Gasteiger partial charge < -0.3 is 20.5 Å². The predicted molar refractivity (Wildman–Crippen MR) is 129 cm³/mol. The number of aliphatic hydroxyl groups excluding tert-OH is 1. The molecule has 1 aliphatic heterocycles. The number of hydrogen-bond acceptors (Lipinski definition) is 8. The summed E-state index contributed by atoms with van der Waals surface area (Å²) in [6.07, 6.45) is 8.27. The molecule has 1 aromatic carbocycles. The second-order valence-corrected chi connectivity index (χ2v) is 9.70. The standard InChI is InChI=1S/C24H29FN8O2/c1-13-6-7-14(11-31(13)15-10-27-32(12-15)19-4-3-5-20(19)34)22-29-23-16-8-17(25)21(35-2)9-18(16)28-24(26)33(23)30-22/h8-10,12-14,19-20,34H,3-7,11H2,1-2H3,(H2,26,28)/t13-,14+,19+,20+/m1/s1. The molecule has 1 saturated heterocycles. The predicted octanol–water partition coefficient (Wildman–Crippen LogP) is 3.06. The molecule has 0 amide bonds. The van der Waals surface area contributed by atoms with Crippen LogP contribution in [0.15, 0.2) is 24.5 Å². The summed E-state index contributed by atoms with van der Waals surface area (Å²) in [5.41, 5.74) is 8.21. The van der Waals surface area contributed by atoms with Crippen LogP contribution in [0.25, 0.3) is 16.6 Å². The van der Waals surface area contributed by atoms with Crippen molar-refractivity contribution in [2.45, 2.75) is 63.1 Å². The SMILES string of the molecule is COc1cc2nc(N)n3nc([C@H]4CC[C@@H](C)N(c5cnn([C@H]6CCC[C@@H]6O)c5)C4)nc3c2cc1F. The number of nitrogens with two attached hydrogens (primary N) is 1. The monoisotopic (exact) mass is 480 g/mol. The van der Waals surface area contributed by atoms with Crippen molar-refractivity contribution in [3.8, 4) is 5.75 Å². The Hall–Kier alpha value is -3.47. The number of anilines is 2. The van der Waals surface area contributed by atoms with E-state index in [0.717, 1.165) is 44.3 Å². The zero-order valence-corrected chi connectivity index (χ0v) is 19.8. The van der Waals surface area contributed by atoms with Crippen LogP contribution in [0, 0.1) is 5.82 Å². The van der Waals surface area contributed by atoms with Gasteiger partial charge in [-0.1, -0.05) is 0 Å². The fourth-order valence-corrected chi connectivity index (χ4v) is 5.54. The Morgan fingerprint density at radius 3 is 2.80 bits per heavy atom. The molecule has 0 radical (unpaired) electrons. The van der Waals surface area contributed by atoms with Crippen LogP contribution in [0.2, 0.25) is 0 Å². The van der Waals surface area contributed by atoms with Crippen LogP contribution in [0.1, 0.15) is 56.8 Å². The third kappa shape index (κ3) is 3.65. The molecule has 0 bridgehead atoms. The van der Waals surface area contributed by atoms with E-state index in [4.69, 9.17) is 15.5 Å². The van der Waals surface area contributed by atoms with Crippen LogP contribution in [-0.2, 0) is 0 Å². The van der Waals surface area contributed by atoms with Crippen LogP contribution in [0.5, 0.6) is 5.75 Å². The molecule has 1 saturated carbocycles. The topological polar surface area (TPSA) is 120 Å². The average molecular weight is 481 g/mol. The number of fused-ring (bicyclic) bond motifs is 3. The van der Waals surface area contributed by atoms with Crippen molar-refractivity contribution in [3.63, 3.8) is 0 Å². The van der Waals surface area contributed by atoms with Gasteiger partial charge in [0.2, 0.25) is 5.95 Å². The molecule has 4 heterocycles. The summed E-state index contributed by atoms with van der Waals surface area (Å²) < 4.78 is 22.9. The van der Waals surface area contributed by atoms with Gasteiger partial charge in [0.25, 0.3) is 0 Å². The minimum absolute atomic E-state index is 0.0440. The van der Waals surface area contributed by atoms with Crippen LogP contribution in [0.3, 0.4) is 0 Å². The maximum Gasteiger partial charge on any atom is 0.223 e. The van der Waals surface area contributed by atoms with Gasteiger partial charge in [0.1, 0.15) is 0 Å². The van der Waals surface area contributed by atoms with Gasteiger partial charge in [-0.2, -0.15) is 9.61 Å². The van der Waals surface area contributed by atoms with Crippen molar-refractivity contribution >= 4 is 28.2 Å². The van der Waals surface area contributed by atoms with Gasteiger partial charge in [-0.25, -0.2) is 14.4 Å². The highest BCUT2D eigenvalue weighted by Gasteiger charge is 2.32. The van der Waals surface area contributed by atoms with Gasteiger partial charge in [0, 0.05) is 36.2 Å². The zero-order valence-electron chi connectivity index (χ0n) is 19.8. The number of aliphatic hydroxyl groups is 1. The van der Waals surface area contributed by atoms with Crippen molar-refractivity contribution in [2.24, 2.45) is 0 Å². The van der Waals surface area contributed by atoms with E-state index >= 15 is 0 Å². The molecule has 1 aliphatic carbocycles. The summed E-state index contributed by atoms with van der Waals surface area (Å²) in [4.78, 5) is 11.5. The van der Waals surface area contributed by atoms with Gasteiger partial charge in [-0.15, -0.1) is 5.10 Å². The Morgan fingerprint density at radius 1 is 1.17 bits per heavy atom. The maximum absolute atomic E-state index is 14.5. The Morgan fingerprint density at radius 2 is 2.03 bits per heavy atom. The number of aromatic nitrogens is 6. The lowest BCUT2D eigenvalue weighted by Crippen LogP contribution is -2.41. The molecule has 4 atom stereocenters. The highest BCUT2D eigenvalue weighted by atomic mass is 19.1. The van der Waals surface area contributed by atoms with E-state index in [9.17, 15) is 9.50 Å². The normalized spacial score (nSPS) is 25.1. The summed E-state index contributed by atoms with van der Waals surface area (Å²) in [6, 6.07) is 3.28. The quantitative estimate of drug-likeness (QED) is 0.457. The number of piperidine rings is 1. The van der Waals surface area contributed by atoms with E-state index in [2.05, 4.69) is 27.0 Å².